The molecule has 0 spiro atoms. The van der Waals surface area contributed by atoms with E-state index in [1.807, 2.05) is 10.8 Å². The Morgan fingerprint density at radius 1 is 1.00 bits per heavy atom. The predicted octanol–water partition coefficient (Wildman–Crippen LogP) is 6.12. The highest BCUT2D eigenvalue weighted by atomic mass is 19.4. The molecule has 0 radical (unpaired) electrons. The van der Waals surface area contributed by atoms with Gasteiger partial charge in [0.15, 0.2) is 0 Å². The third-order valence-electron chi connectivity index (χ3n) is 3.94. The molecular formula is C19H17F4N. The number of hydrogen-bond acceptors (Lipinski definition) is 0. The van der Waals surface area contributed by atoms with Gasteiger partial charge in [-0.3, -0.25) is 0 Å². The molecule has 0 bridgehead atoms. The molecule has 0 aliphatic carbocycles. The van der Waals surface area contributed by atoms with Gasteiger partial charge in [-0.05, 0) is 35.7 Å². The van der Waals surface area contributed by atoms with E-state index in [4.69, 9.17) is 0 Å². The van der Waals surface area contributed by atoms with Crippen LogP contribution in [0.3, 0.4) is 0 Å². The van der Waals surface area contributed by atoms with Crippen molar-refractivity contribution in [3.05, 3.63) is 60.0 Å². The Labute approximate surface area is 137 Å². The number of nitrogens with zero attached hydrogens (tertiary/aromatic N) is 1. The van der Waals surface area contributed by atoms with Crippen molar-refractivity contribution < 1.29 is 17.6 Å². The highest BCUT2D eigenvalue weighted by Crippen LogP contribution is 2.39. The molecule has 0 aliphatic heterocycles. The Kier molecular flexibility index (Phi) is 4.11. The SMILES string of the molecule is CC(C)Cn1ccc2cc(F)c(-c3ccccc3C(F)(F)F)cc21. The first-order valence-electron chi connectivity index (χ1n) is 7.72. The topological polar surface area (TPSA) is 4.93 Å². The second-order valence-corrected chi connectivity index (χ2v) is 6.30. The molecule has 0 fully saturated rings. The summed E-state index contributed by atoms with van der Waals surface area (Å²) in [6.07, 6.45) is -2.69. The standard InChI is InChI=1S/C19H17F4N/c1-12(2)11-24-8-7-13-9-17(20)15(10-18(13)24)14-5-3-4-6-16(14)19(21,22)23/h3-10,12H,11H2,1-2H3. The Balaban J connectivity index is 2.22. The van der Waals surface area contributed by atoms with Gasteiger partial charge in [-0.25, -0.2) is 4.39 Å². The minimum Gasteiger partial charge on any atom is -0.347 e. The maximum Gasteiger partial charge on any atom is 0.417 e. The highest BCUT2D eigenvalue weighted by Gasteiger charge is 2.34. The van der Waals surface area contributed by atoms with Crippen molar-refractivity contribution in [3.8, 4) is 11.1 Å². The van der Waals surface area contributed by atoms with Gasteiger partial charge < -0.3 is 4.57 Å². The number of halogens is 4. The minimum absolute atomic E-state index is 0.0286. The summed E-state index contributed by atoms with van der Waals surface area (Å²) in [5.41, 5.74) is -0.261. The first-order chi connectivity index (χ1) is 11.3. The summed E-state index contributed by atoms with van der Waals surface area (Å²) in [5, 5.41) is 0.682. The summed E-state index contributed by atoms with van der Waals surface area (Å²) in [6, 6.07) is 9.67. The van der Waals surface area contributed by atoms with Crippen molar-refractivity contribution in [1.29, 1.82) is 0 Å². The van der Waals surface area contributed by atoms with E-state index in [1.54, 1.807) is 6.07 Å². The molecule has 0 unspecified atom stereocenters. The van der Waals surface area contributed by atoms with E-state index in [1.165, 1.54) is 30.3 Å². The van der Waals surface area contributed by atoms with Crippen LogP contribution in [0.4, 0.5) is 17.6 Å². The summed E-state index contributed by atoms with van der Waals surface area (Å²) in [7, 11) is 0. The normalized spacial score (nSPS) is 12.3. The van der Waals surface area contributed by atoms with Crippen LogP contribution < -0.4 is 0 Å². The van der Waals surface area contributed by atoms with Crippen molar-refractivity contribution >= 4 is 10.9 Å². The van der Waals surface area contributed by atoms with E-state index in [-0.39, 0.29) is 11.1 Å². The number of hydrogen-bond donors (Lipinski definition) is 0. The van der Waals surface area contributed by atoms with Crippen LogP contribution in [-0.4, -0.2) is 4.57 Å². The Morgan fingerprint density at radius 2 is 1.71 bits per heavy atom. The molecule has 1 nitrogen and oxygen atoms in total. The quantitative estimate of drug-likeness (QED) is 0.508. The molecule has 0 N–H and O–H groups in total. The zero-order valence-electron chi connectivity index (χ0n) is 13.4. The number of aromatic nitrogens is 1. The van der Waals surface area contributed by atoms with Crippen molar-refractivity contribution in [2.75, 3.05) is 0 Å². The van der Waals surface area contributed by atoms with Crippen molar-refractivity contribution in [1.82, 2.24) is 4.57 Å². The first-order valence-corrected chi connectivity index (χ1v) is 7.72. The molecule has 0 saturated carbocycles. The van der Waals surface area contributed by atoms with Crippen molar-refractivity contribution in [2.45, 2.75) is 26.6 Å². The zero-order chi connectivity index (χ0) is 17.5. The fraction of sp³-hybridized carbons (Fsp3) is 0.263. The number of benzene rings is 2. The van der Waals surface area contributed by atoms with Gasteiger partial charge in [-0.15, -0.1) is 0 Å². The van der Waals surface area contributed by atoms with E-state index in [0.29, 0.717) is 11.3 Å². The molecule has 24 heavy (non-hydrogen) atoms. The van der Waals surface area contributed by atoms with E-state index >= 15 is 0 Å². The van der Waals surface area contributed by atoms with Crippen LogP contribution in [0.2, 0.25) is 0 Å². The highest BCUT2D eigenvalue weighted by molar-refractivity contribution is 5.86. The van der Waals surface area contributed by atoms with Crippen molar-refractivity contribution in [2.24, 2.45) is 5.92 Å². The van der Waals surface area contributed by atoms with Crippen LogP contribution >= 0.6 is 0 Å². The van der Waals surface area contributed by atoms with Crippen LogP contribution in [0.1, 0.15) is 19.4 Å². The lowest BCUT2D eigenvalue weighted by molar-refractivity contribution is -0.137. The molecule has 3 aromatic rings. The van der Waals surface area contributed by atoms with E-state index in [2.05, 4.69) is 13.8 Å². The summed E-state index contributed by atoms with van der Waals surface area (Å²) in [4.78, 5) is 0. The van der Waals surface area contributed by atoms with Gasteiger partial charge >= 0.3 is 6.18 Å². The van der Waals surface area contributed by atoms with Gasteiger partial charge in [0, 0.05) is 29.2 Å². The zero-order valence-corrected chi connectivity index (χ0v) is 13.4. The average molecular weight is 335 g/mol. The molecule has 0 amide bonds. The Morgan fingerprint density at radius 3 is 2.38 bits per heavy atom. The van der Waals surface area contributed by atoms with Crippen molar-refractivity contribution in [3.63, 3.8) is 0 Å². The molecule has 0 aliphatic rings. The number of alkyl halides is 3. The summed E-state index contributed by atoms with van der Waals surface area (Å²) in [5.74, 6) is -0.280. The molecule has 5 heteroatoms. The lowest BCUT2D eigenvalue weighted by Gasteiger charge is -2.14. The van der Waals surface area contributed by atoms with Gasteiger partial charge in [0.2, 0.25) is 0 Å². The molecule has 0 atom stereocenters. The second-order valence-electron chi connectivity index (χ2n) is 6.30. The third kappa shape index (κ3) is 3.03. The van der Waals surface area contributed by atoms with Crippen LogP contribution in [0, 0.1) is 11.7 Å². The summed E-state index contributed by atoms with van der Waals surface area (Å²) >= 11 is 0. The fourth-order valence-corrected chi connectivity index (χ4v) is 2.93. The summed E-state index contributed by atoms with van der Waals surface area (Å²) < 4.78 is 56.1. The van der Waals surface area contributed by atoms with E-state index < -0.39 is 17.6 Å². The van der Waals surface area contributed by atoms with Crippen LogP contribution in [0.15, 0.2) is 48.7 Å². The lowest BCUT2D eigenvalue weighted by Crippen LogP contribution is -2.07. The Hall–Kier alpha value is -2.30. The maximum absolute atomic E-state index is 14.5. The van der Waals surface area contributed by atoms with Crippen LogP contribution in [-0.2, 0) is 12.7 Å². The van der Waals surface area contributed by atoms with Crippen LogP contribution in [0.25, 0.3) is 22.0 Å². The monoisotopic (exact) mass is 335 g/mol. The fourth-order valence-electron chi connectivity index (χ4n) is 2.93. The molecule has 2 aromatic carbocycles. The molecule has 1 heterocycles. The van der Waals surface area contributed by atoms with Gasteiger partial charge in [-0.1, -0.05) is 32.0 Å². The van der Waals surface area contributed by atoms with E-state index in [0.717, 1.165) is 18.1 Å². The molecular weight excluding hydrogens is 318 g/mol. The van der Waals surface area contributed by atoms with Crippen LogP contribution in [0.5, 0.6) is 0 Å². The lowest BCUT2D eigenvalue weighted by atomic mass is 9.98. The molecule has 1 aromatic heterocycles. The second kappa shape index (κ2) is 5.96. The summed E-state index contributed by atoms with van der Waals surface area (Å²) in [6.45, 7) is 4.82. The first kappa shape index (κ1) is 16.6. The average Bonchev–Trinajstić information content (AvgIpc) is 2.87. The molecule has 3 rings (SSSR count). The minimum atomic E-state index is -4.53. The molecule has 0 saturated heterocycles. The van der Waals surface area contributed by atoms with Gasteiger partial charge in [0.1, 0.15) is 5.82 Å². The smallest absolute Gasteiger partial charge is 0.347 e. The predicted molar refractivity (Wildman–Crippen MR) is 87.2 cm³/mol. The van der Waals surface area contributed by atoms with Gasteiger partial charge in [-0.2, -0.15) is 13.2 Å². The number of fused-ring (bicyclic) bond motifs is 1. The Bertz CT molecular complexity index is 875. The van der Waals surface area contributed by atoms with Gasteiger partial charge in [0.05, 0.1) is 5.56 Å². The van der Waals surface area contributed by atoms with Gasteiger partial charge in [0.25, 0.3) is 0 Å². The van der Waals surface area contributed by atoms with E-state index in [9.17, 15) is 17.6 Å². The maximum atomic E-state index is 14.5. The molecule has 126 valence electrons. The third-order valence-corrected chi connectivity index (χ3v) is 3.94. The number of rotatable bonds is 3. The largest absolute Gasteiger partial charge is 0.417 e.